The molecule has 2 aromatic rings. The number of hydrogen-bond donors (Lipinski definition) is 2. The first-order chi connectivity index (χ1) is 12.3. The lowest BCUT2D eigenvalue weighted by atomic mass is 10.1. The Labute approximate surface area is 173 Å². The SMILES string of the molecule is CC(C)Oc1ccc(NC(N)=N[C@@H]2C[C@H]2c2cc(F)c(F)c(F)c2)cc1.I. The molecule has 1 aliphatic rings. The molecule has 0 bridgehead atoms. The first-order valence-electron chi connectivity index (χ1n) is 8.35. The summed E-state index contributed by atoms with van der Waals surface area (Å²) < 4.78 is 45.2. The minimum Gasteiger partial charge on any atom is -0.491 e. The molecule has 27 heavy (non-hydrogen) atoms. The van der Waals surface area contributed by atoms with E-state index in [4.69, 9.17) is 10.5 Å². The minimum absolute atomic E-state index is 0. The molecule has 1 fully saturated rings. The Hall–Kier alpha value is -1.97. The van der Waals surface area contributed by atoms with Gasteiger partial charge in [0.2, 0.25) is 0 Å². The lowest BCUT2D eigenvalue weighted by Crippen LogP contribution is -2.23. The van der Waals surface area contributed by atoms with E-state index in [-0.39, 0.29) is 48.0 Å². The quantitative estimate of drug-likeness (QED) is 0.274. The van der Waals surface area contributed by atoms with E-state index in [1.54, 1.807) is 0 Å². The fraction of sp³-hybridized carbons (Fsp3) is 0.316. The Balaban J connectivity index is 0.00000261. The summed E-state index contributed by atoms with van der Waals surface area (Å²) >= 11 is 0. The molecule has 2 atom stereocenters. The lowest BCUT2D eigenvalue weighted by Gasteiger charge is -2.11. The van der Waals surface area contributed by atoms with Gasteiger partial charge in [-0.05, 0) is 62.2 Å². The Morgan fingerprint density at radius 3 is 2.30 bits per heavy atom. The van der Waals surface area contributed by atoms with Gasteiger partial charge in [0, 0.05) is 11.6 Å². The van der Waals surface area contributed by atoms with Crippen LogP contribution in [0.1, 0.15) is 31.7 Å². The fourth-order valence-electron chi connectivity index (χ4n) is 2.72. The predicted molar refractivity (Wildman–Crippen MR) is 110 cm³/mol. The lowest BCUT2D eigenvalue weighted by molar-refractivity contribution is 0.242. The third-order valence-electron chi connectivity index (χ3n) is 3.99. The largest absolute Gasteiger partial charge is 0.491 e. The summed E-state index contributed by atoms with van der Waals surface area (Å²) in [5.74, 6) is -3.04. The zero-order valence-electron chi connectivity index (χ0n) is 14.9. The van der Waals surface area contributed by atoms with Gasteiger partial charge >= 0.3 is 0 Å². The summed E-state index contributed by atoms with van der Waals surface area (Å²) in [7, 11) is 0. The Bertz CT molecular complexity index is 804. The van der Waals surface area contributed by atoms with Crippen LogP contribution in [0, 0.1) is 17.5 Å². The number of nitrogens with zero attached hydrogens (tertiary/aromatic N) is 1. The second-order valence-electron chi connectivity index (χ2n) is 6.54. The molecule has 0 radical (unpaired) electrons. The number of rotatable bonds is 5. The summed E-state index contributed by atoms with van der Waals surface area (Å²) in [6.07, 6.45) is 0.696. The number of nitrogens with two attached hydrogens (primary N) is 1. The van der Waals surface area contributed by atoms with Crippen molar-refractivity contribution in [3.8, 4) is 5.75 Å². The maximum absolute atomic E-state index is 13.3. The molecule has 4 nitrogen and oxygen atoms in total. The second kappa shape index (κ2) is 8.81. The number of ether oxygens (including phenoxy) is 1. The van der Waals surface area contributed by atoms with Crippen LogP contribution in [0.15, 0.2) is 41.4 Å². The summed E-state index contributed by atoms with van der Waals surface area (Å²) in [6.45, 7) is 3.89. The molecule has 1 saturated carbocycles. The summed E-state index contributed by atoms with van der Waals surface area (Å²) in [6, 6.07) is 9.10. The molecule has 0 spiro atoms. The van der Waals surface area contributed by atoms with Crippen molar-refractivity contribution in [2.24, 2.45) is 10.7 Å². The number of guanidine groups is 1. The molecule has 0 amide bonds. The topological polar surface area (TPSA) is 59.6 Å². The predicted octanol–water partition coefficient (Wildman–Crippen LogP) is 4.79. The van der Waals surface area contributed by atoms with Crippen molar-refractivity contribution in [2.45, 2.75) is 38.3 Å². The van der Waals surface area contributed by atoms with Crippen molar-refractivity contribution in [1.82, 2.24) is 0 Å². The van der Waals surface area contributed by atoms with Crippen molar-refractivity contribution in [3.63, 3.8) is 0 Å². The molecule has 146 valence electrons. The highest BCUT2D eigenvalue weighted by Crippen LogP contribution is 2.44. The molecular weight excluding hydrogens is 470 g/mol. The first-order valence-corrected chi connectivity index (χ1v) is 8.35. The Morgan fingerprint density at radius 2 is 1.74 bits per heavy atom. The van der Waals surface area contributed by atoms with E-state index >= 15 is 0 Å². The van der Waals surface area contributed by atoms with Crippen LogP contribution in [0.2, 0.25) is 0 Å². The number of anilines is 1. The van der Waals surface area contributed by atoms with Crippen LogP contribution in [-0.2, 0) is 0 Å². The minimum atomic E-state index is -1.46. The number of hydrogen-bond acceptors (Lipinski definition) is 2. The third-order valence-corrected chi connectivity index (χ3v) is 3.99. The molecular formula is C19H21F3IN3O. The van der Waals surface area contributed by atoms with Gasteiger partial charge < -0.3 is 15.8 Å². The van der Waals surface area contributed by atoms with Gasteiger partial charge in [0.05, 0.1) is 12.1 Å². The van der Waals surface area contributed by atoms with E-state index < -0.39 is 17.5 Å². The van der Waals surface area contributed by atoms with Crippen LogP contribution in [0.25, 0.3) is 0 Å². The van der Waals surface area contributed by atoms with Crippen LogP contribution in [0.3, 0.4) is 0 Å². The van der Waals surface area contributed by atoms with Crippen LogP contribution in [0.4, 0.5) is 18.9 Å². The highest BCUT2D eigenvalue weighted by atomic mass is 127. The molecule has 0 aliphatic heterocycles. The highest BCUT2D eigenvalue weighted by Gasteiger charge is 2.39. The zero-order chi connectivity index (χ0) is 18.8. The van der Waals surface area contributed by atoms with Crippen molar-refractivity contribution < 1.29 is 17.9 Å². The van der Waals surface area contributed by atoms with E-state index in [0.29, 0.717) is 12.0 Å². The number of nitrogens with one attached hydrogen (secondary N) is 1. The Kier molecular flexibility index (Phi) is 6.96. The van der Waals surface area contributed by atoms with E-state index in [9.17, 15) is 13.2 Å². The summed E-state index contributed by atoms with van der Waals surface area (Å²) in [4.78, 5) is 4.31. The van der Waals surface area contributed by atoms with Gasteiger partial charge in [-0.1, -0.05) is 0 Å². The van der Waals surface area contributed by atoms with E-state index in [1.807, 2.05) is 38.1 Å². The molecule has 3 rings (SSSR count). The van der Waals surface area contributed by atoms with Gasteiger partial charge in [-0.3, -0.25) is 0 Å². The monoisotopic (exact) mass is 491 g/mol. The Morgan fingerprint density at radius 1 is 1.15 bits per heavy atom. The first kappa shape index (κ1) is 21.3. The number of aliphatic imine (C=N–C) groups is 1. The molecule has 3 N–H and O–H groups in total. The molecule has 0 aromatic heterocycles. The maximum atomic E-state index is 13.3. The third kappa shape index (κ3) is 5.50. The molecule has 0 unspecified atom stereocenters. The van der Waals surface area contributed by atoms with Gasteiger partial charge in [0.25, 0.3) is 0 Å². The van der Waals surface area contributed by atoms with Gasteiger partial charge in [0.15, 0.2) is 23.4 Å². The number of benzene rings is 2. The average molecular weight is 491 g/mol. The van der Waals surface area contributed by atoms with Crippen LogP contribution < -0.4 is 15.8 Å². The van der Waals surface area contributed by atoms with Gasteiger partial charge in [-0.2, -0.15) is 0 Å². The van der Waals surface area contributed by atoms with Crippen molar-refractivity contribution in [2.75, 3.05) is 5.32 Å². The smallest absolute Gasteiger partial charge is 0.194 e. The molecule has 8 heteroatoms. The van der Waals surface area contributed by atoms with Gasteiger partial charge in [0.1, 0.15) is 5.75 Å². The van der Waals surface area contributed by atoms with Crippen LogP contribution in [0.5, 0.6) is 5.75 Å². The van der Waals surface area contributed by atoms with Gasteiger partial charge in [-0.15, -0.1) is 24.0 Å². The van der Waals surface area contributed by atoms with E-state index in [0.717, 1.165) is 23.6 Å². The van der Waals surface area contributed by atoms with E-state index in [2.05, 4.69) is 10.3 Å². The molecule has 0 saturated heterocycles. The van der Waals surface area contributed by atoms with Crippen molar-refractivity contribution >= 4 is 35.6 Å². The zero-order valence-corrected chi connectivity index (χ0v) is 17.2. The molecule has 1 aliphatic carbocycles. The normalized spacial score (nSPS) is 18.8. The van der Waals surface area contributed by atoms with Crippen molar-refractivity contribution in [1.29, 1.82) is 0 Å². The van der Waals surface area contributed by atoms with E-state index in [1.165, 1.54) is 0 Å². The van der Waals surface area contributed by atoms with Crippen LogP contribution >= 0.6 is 24.0 Å². The summed E-state index contributed by atoms with van der Waals surface area (Å²) in [5, 5.41) is 2.96. The standard InChI is InChI=1S/C19H20F3N3O.HI/c1-10(2)26-13-5-3-12(4-6-13)24-19(23)25-17-9-14(17)11-7-15(20)18(22)16(21)8-11;/h3-8,10,14,17H,9H2,1-2H3,(H3,23,24,25);1H/t14-,17+;/m0./s1. The van der Waals surface area contributed by atoms with Crippen LogP contribution in [-0.4, -0.2) is 18.1 Å². The average Bonchev–Trinajstić information content (AvgIpc) is 3.32. The number of halogens is 4. The van der Waals surface area contributed by atoms with Gasteiger partial charge in [-0.25, -0.2) is 18.2 Å². The maximum Gasteiger partial charge on any atom is 0.194 e. The summed E-state index contributed by atoms with van der Waals surface area (Å²) in [5.41, 5.74) is 7.02. The second-order valence-corrected chi connectivity index (χ2v) is 6.54. The fourth-order valence-corrected chi connectivity index (χ4v) is 2.72. The molecule has 2 aromatic carbocycles. The molecule has 0 heterocycles. The van der Waals surface area contributed by atoms with Crippen molar-refractivity contribution in [3.05, 3.63) is 59.4 Å². The highest BCUT2D eigenvalue weighted by molar-refractivity contribution is 14.0.